The predicted octanol–water partition coefficient (Wildman–Crippen LogP) is 24.7. The monoisotopic (exact) mass is 1570 g/mol. The highest BCUT2D eigenvalue weighted by molar-refractivity contribution is 7.47. The summed E-state index contributed by atoms with van der Waals surface area (Å²) in [5, 5.41) is 10.7. The van der Waals surface area contributed by atoms with E-state index < -0.39 is 97.5 Å². The second-order valence-corrected chi connectivity index (χ2v) is 29.5. The highest BCUT2D eigenvalue weighted by Crippen LogP contribution is 2.45. The standard InChI is InChI=1S/C91H144O17P2/c1-5-9-13-17-21-25-29-33-37-40-42-45-49-52-56-60-64-68-72-76-89(94)102-82-87(108-91(96)78-74-70-66-62-58-54-50-46-43-41-38-34-30-26-22-18-14-10-6-2)84-106-110(99,100)104-80-85(92)79-103-109(97,98)105-83-86(107-90(95)77-73-69-65-61-57-53-47-36-32-28-24-20-16-12-8-4)81-101-88(93)75-71-67-63-59-55-51-48-44-39-35-31-27-23-19-15-11-7-3/h9-11,13-15,21-28,33-39,42-43,45-48,51-52,54,56,58,64,68,85-87,92H,5-8,12,16-20,29-32,40-41,44,49-50,53,55,57,59-63,65-67,69-84H2,1-4H3,(H,97,98)(H,99,100)/b13-9-,14-10-,15-11-,25-21-,26-22-,27-23-,28-24-,37-33-,38-34-,39-35-,45-42-,46-43-,47-36-,51-48-,56-52-,58-54-,68-64-. The van der Waals surface area contributed by atoms with Crippen LogP contribution >= 0.6 is 15.6 Å². The number of phosphoric acid groups is 2. The minimum absolute atomic E-state index is 0.0190. The molecule has 0 heterocycles. The van der Waals surface area contributed by atoms with Gasteiger partial charge in [-0.1, -0.05) is 286 Å². The van der Waals surface area contributed by atoms with Crippen LogP contribution in [-0.4, -0.2) is 96.7 Å². The molecule has 110 heavy (non-hydrogen) atoms. The van der Waals surface area contributed by atoms with Gasteiger partial charge >= 0.3 is 39.5 Å². The lowest BCUT2D eigenvalue weighted by atomic mass is 10.1. The summed E-state index contributed by atoms with van der Waals surface area (Å²) in [5.41, 5.74) is 0. The molecule has 0 aliphatic rings. The molecule has 0 saturated carbocycles. The van der Waals surface area contributed by atoms with Crippen LogP contribution in [0.3, 0.4) is 0 Å². The highest BCUT2D eigenvalue weighted by Gasteiger charge is 2.30. The van der Waals surface area contributed by atoms with E-state index in [-0.39, 0.29) is 25.7 Å². The summed E-state index contributed by atoms with van der Waals surface area (Å²) in [6.45, 7) is 4.32. The van der Waals surface area contributed by atoms with Crippen LogP contribution in [0.2, 0.25) is 0 Å². The second kappa shape index (κ2) is 80.7. The van der Waals surface area contributed by atoms with E-state index in [0.29, 0.717) is 32.1 Å². The fourth-order valence-corrected chi connectivity index (χ4v) is 11.6. The lowest BCUT2D eigenvalue weighted by Crippen LogP contribution is -2.30. The number of unbranched alkanes of at least 4 members (excludes halogenated alkanes) is 15. The Kier molecular flexibility index (Phi) is 76.0. The van der Waals surface area contributed by atoms with Gasteiger partial charge in [-0.3, -0.25) is 37.3 Å². The van der Waals surface area contributed by atoms with Gasteiger partial charge in [0.25, 0.3) is 0 Å². The molecule has 5 unspecified atom stereocenters. The first-order valence-corrected chi connectivity index (χ1v) is 44.3. The SMILES string of the molecule is CC/C=C\C/C=C\C/C=C\C/C=C\C/C=C\C/C=C\CCC(=O)OCC(COP(=O)(O)OCC(O)COP(=O)(O)OCC(COC(=O)CCCCCC/C=C\C/C=C\C/C=C\C/C=C\CC)OC(=O)CCCCCCC/C=C\C/C=C\CCCCC)OC(=O)CCCCC/C=C\C/C=C\C/C=C\C/C=C\C/C=C\CC. The molecule has 0 spiro atoms. The molecular weight excluding hydrogens is 1430 g/mol. The van der Waals surface area contributed by atoms with E-state index in [2.05, 4.69) is 216 Å². The van der Waals surface area contributed by atoms with Gasteiger partial charge in [-0.15, -0.1) is 0 Å². The number of hydrogen-bond acceptors (Lipinski definition) is 15. The van der Waals surface area contributed by atoms with Crippen LogP contribution in [0, 0.1) is 0 Å². The van der Waals surface area contributed by atoms with Crippen molar-refractivity contribution in [1.29, 1.82) is 0 Å². The van der Waals surface area contributed by atoms with Gasteiger partial charge < -0.3 is 33.8 Å². The van der Waals surface area contributed by atoms with Crippen LogP contribution in [0.1, 0.15) is 285 Å². The number of carbonyl (C=O) groups excluding carboxylic acids is 4. The molecule has 5 atom stereocenters. The van der Waals surface area contributed by atoms with E-state index in [1.54, 1.807) is 0 Å². The summed E-state index contributed by atoms with van der Waals surface area (Å²) >= 11 is 0. The molecule has 0 aliphatic heterocycles. The third-order valence-corrected chi connectivity index (χ3v) is 18.1. The van der Waals surface area contributed by atoms with E-state index in [0.717, 1.165) is 180 Å². The number of phosphoric ester groups is 2. The molecular formula is C91H144O17P2. The van der Waals surface area contributed by atoms with Crippen LogP contribution in [0.15, 0.2) is 207 Å². The second-order valence-electron chi connectivity index (χ2n) is 26.6. The van der Waals surface area contributed by atoms with Crippen molar-refractivity contribution >= 4 is 39.5 Å². The highest BCUT2D eigenvalue weighted by atomic mass is 31.2. The number of rotatable bonds is 75. The molecule has 0 aromatic heterocycles. The summed E-state index contributed by atoms with van der Waals surface area (Å²) < 4.78 is 68.6. The number of carbonyl (C=O) groups is 4. The predicted molar refractivity (Wildman–Crippen MR) is 454 cm³/mol. The fraction of sp³-hybridized carbons (Fsp3) is 0.582. The van der Waals surface area contributed by atoms with Crippen LogP contribution in [0.25, 0.3) is 0 Å². The largest absolute Gasteiger partial charge is 0.472 e. The minimum atomic E-state index is -5.02. The third kappa shape index (κ3) is 79.7. The number of esters is 4. The number of aliphatic hydroxyl groups is 1. The van der Waals surface area contributed by atoms with Gasteiger partial charge in [-0.05, 0) is 180 Å². The quantitative estimate of drug-likeness (QED) is 0.0169. The van der Waals surface area contributed by atoms with E-state index in [9.17, 15) is 43.2 Å². The normalized spacial score (nSPS) is 14.9. The van der Waals surface area contributed by atoms with Crippen molar-refractivity contribution in [2.45, 2.75) is 303 Å². The Labute approximate surface area is 665 Å². The zero-order valence-corrected chi connectivity index (χ0v) is 69.6. The van der Waals surface area contributed by atoms with Crippen molar-refractivity contribution in [3.8, 4) is 0 Å². The Hall–Kier alpha value is -6.36. The Bertz CT molecular complexity index is 2900. The summed E-state index contributed by atoms with van der Waals surface area (Å²) in [6, 6.07) is 0. The number of aliphatic hydroxyl groups excluding tert-OH is 1. The number of allylic oxidation sites excluding steroid dienone is 34. The molecule has 0 saturated heterocycles. The topological polar surface area (TPSA) is 237 Å². The lowest BCUT2D eigenvalue weighted by molar-refractivity contribution is -0.161. The van der Waals surface area contributed by atoms with Crippen LogP contribution < -0.4 is 0 Å². The first-order valence-electron chi connectivity index (χ1n) is 41.3. The van der Waals surface area contributed by atoms with E-state index in [1.807, 2.05) is 18.2 Å². The zero-order chi connectivity index (χ0) is 80.3. The van der Waals surface area contributed by atoms with Crippen molar-refractivity contribution < 1.29 is 80.2 Å². The zero-order valence-electron chi connectivity index (χ0n) is 67.8. The molecule has 0 amide bonds. The molecule has 0 aliphatic carbocycles. The summed E-state index contributed by atoms with van der Waals surface area (Å²) in [7, 11) is -10.0. The molecule has 19 heteroatoms. The van der Waals surface area contributed by atoms with Gasteiger partial charge in [0.1, 0.15) is 19.3 Å². The van der Waals surface area contributed by atoms with Crippen molar-refractivity contribution in [3.05, 3.63) is 207 Å². The van der Waals surface area contributed by atoms with Crippen molar-refractivity contribution in [2.24, 2.45) is 0 Å². The van der Waals surface area contributed by atoms with Crippen LogP contribution in [0.5, 0.6) is 0 Å². The summed E-state index contributed by atoms with van der Waals surface area (Å²) in [5.74, 6) is -2.37. The van der Waals surface area contributed by atoms with E-state index >= 15 is 0 Å². The first-order chi connectivity index (χ1) is 53.7. The van der Waals surface area contributed by atoms with Gasteiger partial charge in [0.2, 0.25) is 0 Å². The molecule has 17 nitrogen and oxygen atoms in total. The average molecular weight is 1570 g/mol. The number of ether oxygens (including phenoxy) is 4. The summed E-state index contributed by atoms with van der Waals surface area (Å²) in [6.07, 6.45) is 101. The van der Waals surface area contributed by atoms with Gasteiger partial charge in [0.05, 0.1) is 26.4 Å². The van der Waals surface area contributed by atoms with Crippen molar-refractivity contribution in [3.63, 3.8) is 0 Å². The molecule has 620 valence electrons. The van der Waals surface area contributed by atoms with E-state index in [4.69, 9.17) is 37.0 Å². The first kappa shape index (κ1) is 104. The molecule has 0 aromatic rings. The minimum Gasteiger partial charge on any atom is -0.462 e. The Morgan fingerprint density at radius 3 is 0.791 bits per heavy atom. The van der Waals surface area contributed by atoms with Gasteiger partial charge in [-0.2, -0.15) is 0 Å². The molecule has 0 bridgehead atoms. The van der Waals surface area contributed by atoms with Crippen LogP contribution in [0.4, 0.5) is 0 Å². The Morgan fingerprint density at radius 1 is 0.264 bits per heavy atom. The van der Waals surface area contributed by atoms with Crippen molar-refractivity contribution in [2.75, 3.05) is 39.6 Å². The molecule has 3 N–H and O–H groups in total. The maximum Gasteiger partial charge on any atom is 0.472 e. The maximum absolute atomic E-state index is 13.1. The number of hydrogen-bond donors (Lipinski definition) is 3. The average Bonchev–Trinajstić information content (AvgIpc) is 0.900. The molecule has 0 radical (unpaired) electrons. The van der Waals surface area contributed by atoms with Gasteiger partial charge in [-0.25, -0.2) is 9.13 Å². The Balaban J connectivity index is 5.54. The Morgan fingerprint density at radius 2 is 0.491 bits per heavy atom. The van der Waals surface area contributed by atoms with Gasteiger partial charge in [0, 0.05) is 25.7 Å². The van der Waals surface area contributed by atoms with Gasteiger partial charge in [0.15, 0.2) is 12.2 Å². The summed E-state index contributed by atoms with van der Waals surface area (Å²) in [4.78, 5) is 73.2. The lowest BCUT2D eigenvalue weighted by Gasteiger charge is -2.21. The maximum atomic E-state index is 13.1. The van der Waals surface area contributed by atoms with E-state index in [1.165, 1.54) is 19.3 Å². The van der Waals surface area contributed by atoms with Crippen LogP contribution in [-0.2, 0) is 65.4 Å². The molecule has 0 aromatic carbocycles. The van der Waals surface area contributed by atoms with Crippen molar-refractivity contribution in [1.82, 2.24) is 0 Å². The molecule has 0 fully saturated rings. The molecule has 0 rings (SSSR count). The smallest absolute Gasteiger partial charge is 0.462 e. The third-order valence-electron chi connectivity index (χ3n) is 16.2. The fourth-order valence-electron chi connectivity index (χ4n) is 10.1.